The van der Waals surface area contributed by atoms with E-state index in [1.807, 2.05) is 4.52 Å². The normalized spacial score (nSPS) is 11.7. The van der Waals surface area contributed by atoms with Gasteiger partial charge in [-0.3, -0.25) is 4.79 Å². The smallest absolute Gasteiger partial charge is 0.142 e. The van der Waals surface area contributed by atoms with Gasteiger partial charge in [-0.1, -0.05) is 20.8 Å². The largest absolute Gasteiger partial charge is 0.299 e. The van der Waals surface area contributed by atoms with Gasteiger partial charge in [-0.25, -0.2) is 8.91 Å². The highest BCUT2D eigenvalue weighted by Crippen LogP contribution is 2.33. The fraction of sp³-hybridized carbons (Fsp3) is 0.238. The van der Waals surface area contributed by atoms with Crippen molar-refractivity contribution in [3.05, 3.63) is 65.1 Å². The number of hydrogen-bond donors (Lipinski definition) is 0. The fourth-order valence-corrected chi connectivity index (χ4v) is 3.21. The topological polar surface area (TPSA) is 34.4 Å². The molecule has 3 nitrogen and oxygen atoms in total. The van der Waals surface area contributed by atoms with Crippen molar-refractivity contribution in [3.8, 4) is 11.3 Å². The molecule has 0 aliphatic rings. The summed E-state index contributed by atoms with van der Waals surface area (Å²) < 4.78 is 15.3. The van der Waals surface area contributed by atoms with Gasteiger partial charge in [0.2, 0.25) is 0 Å². The molecule has 2 heterocycles. The number of benzene rings is 1. The Labute approximate surface area is 146 Å². The van der Waals surface area contributed by atoms with Crippen LogP contribution in [-0.4, -0.2) is 15.9 Å². The summed E-state index contributed by atoms with van der Waals surface area (Å²) in [6.45, 7) is 6.34. The van der Waals surface area contributed by atoms with Gasteiger partial charge in [0, 0.05) is 16.8 Å². The van der Waals surface area contributed by atoms with E-state index in [0.717, 1.165) is 46.3 Å². The standard InChI is InChI=1S/C21H21FN2O/c1-4-17-11-12-19-20(14(2)3)18(6-5-13-25)21(23-24(17)19)15-7-9-16(22)10-8-15/h5-14H,4H2,1-3H3. The second kappa shape index (κ2) is 7.01. The van der Waals surface area contributed by atoms with E-state index in [1.165, 1.54) is 18.2 Å². The lowest BCUT2D eigenvalue weighted by Gasteiger charge is -2.17. The molecule has 0 aliphatic carbocycles. The quantitative estimate of drug-likeness (QED) is 0.483. The van der Waals surface area contributed by atoms with Crippen molar-refractivity contribution in [1.29, 1.82) is 0 Å². The second-order valence-electron chi connectivity index (χ2n) is 6.31. The van der Waals surface area contributed by atoms with Gasteiger partial charge >= 0.3 is 0 Å². The molecule has 3 rings (SSSR count). The Kier molecular flexibility index (Phi) is 4.79. The van der Waals surface area contributed by atoms with Crippen molar-refractivity contribution in [2.24, 2.45) is 0 Å². The molecule has 0 fully saturated rings. The fourth-order valence-electron chi connectivity index (χ4n) is 3.21. The maximum atomic E-state index is 13.3. The molecule has 0 unspecified atom stereocenters. The lowest BCUT2D eigenvalue weighted by atomic mass is 9.93. The Morgan fingerprint density at radius 2 is 1.88 bits per heavy atom. The van der Waals surface area contributed by atoms with Crippen LogP contribution in [0.25, 0.3) is 22.9 Å². The molecule has 0 saturated carbocycles. The molecule has 0 spiro atoms. The third-order valence-electron chi connectivity index (χ3n) is 4.35. The Hall–Kier alpha value is -2.75. The Bertz CT molecular complexity index is 937. The number of aromatic nitrogens is 2. The molecule has 0 atom stereocenters. The molecule has 0 amide bonds. The molecule has 0 aliphatic heterocycles. The van der Waals surface area contributed by atoms with Crippen LogP contribution in [0.1, 0.15) is 43.5 Å². The molecule has 0 saturated heterocycles. The Morgan fingerprint density at radius 1 is 1.16 bits per heavy atom. The van der Waals surface area contributed by atoms with Crippen molar-refractivity contribution in [3.63, 3.8) is 0 Å². The van der Waals surface area contributed by atoms with Crippen molar-refractivity contribution in [2.45, 2.75) is 33.1 Å². The number of carbonyl (C=O) groups excluding carboxylic acids is 1. The van der Waals surface area contributed by atoms with Crippen LogP contribution in [-0.2, 0) is 11.2 Å². The molecule has 25 heavy (non-hydrogen) atoms. The summed E-state index contributed by atoms with van der Waals surface area (Å²) in [5.41, 5.74) is 5.77. The number of aldehydes is 1. The Balaban J connectivity index is 2.41. The minimum atomic E-state index is -0.283. The SMILES string of the molecule is CCc1ccc2c(C(C)C)c(C=CC=O)c(-c3ccc(F)cc3)nn12. The first-order chi connectivity index (χ1) is 12.1. The van der Waals surface area contributed by atoms with Gasteiger partial charge in [-0.2, -0.15) is 5.10 Å². The molecule has 128 valence electrons. The van der Waals surface area contributed by atoms with Crippen molar-refractivity contribution < 1.29 is 9.18 Å². The number of carbonyl (C=O) groups is 1. The maximum absolute atomic E-state index is 13.3. The van der Waals surface area contributed by atoms with Crippen molar-refractivity contribution in [2.75, 3.05) is 0 Å². The van der Waals surface area contributed by atoms with E-state index in [9.17, 15) is 9.18 Å². The van der Waals surface area contributed by atoms with Gasteiger partial charge in [0.25, 0.3) is 0 Å². The van der Waals surface area contributed by atoms with Gasteiger partial charge in [-0.05, 0) is 66.5 Å². The van der Waals surface area contributed by atoms with Crippen LogP contribution in [0.3, 0.4) is 0 Å². The minimum absolute atomic E-state index is 0.246. The van der Waals surface area contributed by atoms with E-state index in [0.29, 0.717) is 0 Å². The van der Waals surface area contributed by atoms with E-state index < -0.39 is 0 Å². The second-order valence-corrected chi connectivity index (χ2v) is 6.31. The highest BCUT2D eigenvalue weighted by molar-refractivity contribution is 5.84. The van der Waals surface area contributed by atoms with Gasteiger partial charge < -0.3 is 0 Å². The summed E-state index contributed by atoms with van der Waals surface area (Å²) in [7, 11) is 0. The van der Waals surface area contributed by atoms with E-state index in [-0.39, 0.29) is 11.7 Å². The van der Waals surface area contributed by atoms with Crippen LogP contribution < -0.4 is 0 Å². The average Bonchev–Trinajstić information content (AvgIpc) is 3.01. The molecule has 2 aromatic heterocycles. The minimum Gasteiger partial charge on any atom is -0.299 e. The molecule has 1 aromatic carbocycles. The van der Waals surface area contributed by atoms with E-state index in [1.54, 1.807) is 18.2 Å². The maximum Gasteiger partial charge on any atom is 0.142 e. The van der Waals surface area contributed by atoms with Gasteiger partial charge in [-0.15, -0.1) is 0 Å². The summed E-state index contributed by atoms with van der Waals surface area (Å²) in [5.74, 6) is -0.0373. The number of aryl methyl sites for hydroxylation is 1. The van der Waals surface area contributed by atoms with Crippen LogP contribution in [0.2, 0.25) is 0 Å². The first-order valence-electron chi connectivity index (χ1n) is 8.49. The third-order valence-corrected chi connectivity index (χ3v) is 4.35. The lowest BCUT2D eigenvalue weighted by molar-refractivity contribution is -0.104. The number of halogens is 1. The first-order valence-corrected chi connectivity index (χ1v) is 8.49. The zero-order valence-electron chi connectivity index (χ0n) is 14.7. The molecular formula is C21H21FN2O. The average molecular weight is 336 g/mol. The summed E-state index contributed by atoms with van der Waals surface area (Å²) in [5, 5.41) is 4.83. The number of fused-ring (bicyclic) bond motifs is 1. The summed E-state index contributed by atoms with van der Waals surface area (Å²) >= 11 is 0. The predicted octanol–water partition coefficient (Wildman–Crippen LogP) is 5.04. The molecule has 0 bridgehead atoms. The zero-order valence-corrected chi connectivity index (χ0v) is 14.7. The van der Waals surface area contributed by atoms with Crippen LogP contribution in [0.4, 0.5) is 4.39 Å². The number of hydrogen-bond acceptors (Lipinski definition) is 2. The van der Waals surface area contributed by atoms with Crippen LogP contribution >= 0.6 is 0 Å². The number of rotatable bonds is 5. The third kappa shape index (κ3) is 3.12. The monoisotopic (exact) mass is 336 g/mol. The summed E-state index contributed by atoms with van der Waals surface area (Å²) in [6, 6.07) is 10.5. The molecular weight excluding hydrogens is 315 g/mol. The molecule has 0 N–H and O–H groups in total. The van der Waals surface area contributed by atoms with E-state index in [2.05, 4.69) is 32.9 Å². The first kappa shape index (κ1) is 17.1. The van der Waals surface area contributed by atoms with Gasteiger partial charge in [0.15, 0.2) is 0 Å². The van der Waals surface area contributed by atoms with Gasteiger partial charge in [0.05, 0.1) is 11.2 Å². The van der Waals surface area contributed by atoms with Gasteiger partial charge in [0.1, 0.15) is 12.1 Å². The molecule has 3 aromatic rings. The summed E-state index contributed by atoms with van der Waals surface area (Å²) in [6.07, 6.45) is 4.91. The highest BCUT2D eigenvalue weighted by atomic mass is 19.1. The molecule has 0 radical (unpaired) electrons. The number of allylic oxidation sites excluding steroid dienone is 1. The summed E-state index contributed by atoms with van der Waals surface area (Å²) in [4.78, 5) is 10.9. The van der Waals surface area contributed by atoms with Crippen LogP contribution in [0.5, 0.6) is 0 Å². The van der Waals surface area contributed by atoms with E-state index in [4.69, 9.17) is 5.10 Å². The highest BCUT2D eigenvalue weighted by Gasteiger charge is 2.18. The lowest BCUT2D eigenvalue weighted by Crippen LogP contribution is -2.07. The van der Waals surface area contributed by atoms with E-state index >= 15 is 0 Å². The predicted molar refractivity (Wildman–Crippen MR) is 99.2 cm³/mol. The molecule has 4 heteroatoms. The van der Waals surface area contributed by atoms with Crippen molar-refractivity contribution in [1.82, 2.24) is 9.61 Å². The number of nitrogens with zero attached hydrogens (tertiary/aromatic N) is 2. The zero-order chi connectivity index (χ0) is 18.0. The van der Waals surface area contributed by atoms with Crippen LogP contribution in [0.15, 0.2) is 42.5 Å². The Morgan fingerprint density at radius 3 is 2.48 bits per heavy atom. The van der Waals surface area contributed by atoms with Crippen molar-refractivity contribution >= 4 is 17.9 Å². The van der Waals surface area contributed by atoms with Crippen LogP contribution in [0, 0.1) is 5.82 Å².